The molecule has 32 heavy (non-hydrogen) atoms. The molecule has 5 rings (SSSR count). The second-order valence-electron chi connectivity index (χ2n) is 8.43. The van der Waals surface area contributed by atoms with E-state index >= 15 is 0 Å². The third-order valence-electron chi connectivity index (χ3n) is 6.82. The Morgan fingerprint density at radius 2 is 1.44 bits per heavy atom. The summed E-state index contributed by atoms with van der Waals surface area (Å²) in [5.74, 6) is -1.94. The van der Waals surface area contributed by atoms with Crippen molar-refractivity contribution in [1.82, 2.24) is 10.0 Å². The quantitative estimate of drug-likeness (QED) is 0.352. The Balaban J connectivity index is 1.56. The van der Waals surface area contributed by atoms with Crippen molar-refractivity contribution < 1.29 is 14.4 Å². The zero-order valence-electron chi connectivity index (χ0n) is 16.6. The first-order chi connectivity index (χ1) is 15.3. The van der Waals surface area contributed by atoms with Gasteiger partial charge in [-0.2, -0.15) is 5.01 Å². The average Bonchev–Trinajstić information content (AvgIpc) is 3.38. The minimum atomic E-state index is -0.518. The zero-order chi connectivity index (χ0) is 22.7. The summed E-state index contributed by atoms with van der Waals surface area (Å²) in [7, 11) is 0. The summed E-state index contributed by atoms with van der Waals surface area (Å²) >= 11 is 20.0. The molecule has 0 unspecified atom stereocenters. The van der Waals surface area contributed by atoms with E-state index < -0.39 is 17.7 Å². The minimum absolute atomic E-state index is 0.0224. The van der Waals surface area contributed by atoms with Gasteiger partial charge in [-0.1, -0.05) is 85.4 Å². The minimum Gasteiger partial charge on any atom is -0.272 e. The number of fused-ring (bicyclic) bond motifs is 5. The lowest BCUT2D eigenvalue weighted by molar-refractivity contribution is -0.156. The number of benzene rings is 2. The Morgan fingerprint density at radius 1 is 0.906 bits per heavy atom. The summed E-state index contributed by atoms with van der Waals surface area (Å²) in [5, 5.41) is 2.96. The first kappa shape index (κ1) is 22.4. The van der Waals surface area contributed by atoms with Crippen molar-refractivity contribution in [3.63, 3.8) is 0 Å². The van der Waals surface area contributed by atoms with E-state index in [1.165, 1.54) is 5.01 Å². The number of alkyl halides is 2. The van der Waals surface area contributed by atoms with Gasteiger partial charge in [0.15, 0.2) is 0 Å². The molecule has 3 fully saturated rings. The molecule has 1 saturated heterocycles. The van der Waals surface area contributed by atoms with Crippen molar-refractivity contribution in [2.45, 2.75) is 22.6 Å². The van der Waals surface area contributed by atoms with E-state index in [0.717, 1.165) is 11.4 Å². The van der Waals surface area contributed by atoms with Crippen LogP contribution in [0.3, 0.4) is 0 Å². The van der Waals surface area contributed by atoms with Gasteiger partial charge in [-0.15, -0.1) is 0 Å². The maximum Gasteiger partial charge on any atom is 0.274 e. The predicted molar refractivity (Wildman–Crippen MR) is 129 cm³/mol. The van der Waals surface area contributed by atoms with Crippen LogP contribution in [0.1, 0.15) is 22.3 Å². The Kier molecular flexibility index (Phi) is 5.89. The van der Waals surface area contributed by atoms with Crippen LogP contribution in [0.2, 0.25) is 10.0 Å². The van der Waals surface area contributed by atoms with Crippen LogP contribution in [0.4, 0.5) is 0 Å². The largest absolute Gasteiger partial charge is 0.274 e. The van der Waals surface area contributed by atoms with Gasteiger partial charge in [0.1, 0.15) is 0 Å². The molecule has 2 bridgehead atoms. The number of halogens is 4. The molecule has 0 radical (unpaired) electrons. The number of nitrogens with zero attached hydrogens (tertiary/aromatic N) is 2. The molecule has 2 aliphatic carbocycles. The first-order valence-electron chi connectivity index (χ1n) is 10.3. The normalized spacial score (nSPS) is 30.7. The number of amides is 3. The fraction of sp³-hybridized carbons (Fsp3) is 0.348. The Labute approximate surface area is 212 Å². The molecule has 1 aliphatic heterocycles. The Hall–Kier alpha value is -1.41. The molecule has 2 aromatic carbocycles. The maximum atomic E-state index is 13.6. The summed E-state index contributed by atoms with van der Waals surface area (Å²) in [6.07, 6.45) is 0.815. The molecule has 166 valence electrons. The van der Waals surface area contributed by atoms with Gasteiger partial charge in [-0.05, 0) is 42.0 Å². The van der Waals surface area contributed by atoms with E-state index in [-0.39, 0.29) is 50.4 Å². The third-order valence-corrected chi connectivity index (χ3v) is 10.7. The van der Waals surface area contributed by atoms with Crippen LogP contribution in [-0.4, -0.2) is 37.4 Å². The Bertz CT molecular complexity index is 1100. The van der Waals surface area contributed by atoms with Gasteiger partial charge >= 0.3 is 0 Å². The molecular weight excluding hydrogens is 583 g/mol. The summed E-state index contributed by atoms with van der Waals surface area (Å²) in [5.41, 5.74) is 0.852. The highest BCUT2D eigenvalue weighted by Crippen LogP contribution is 2.60. The number of carbonyl (C=O) groups is 3. The van der Waals surface area contributed by atoms with E-state index in [1.807, 2.05) is 0 Å². The van der Waals surface area contributed by atoms with E-state index in [4.69, 9.17) is 23.2 Å². The highest BCUT2D eigenvalue weighted by atomic mass is 79.9. The summed E-state index contributed by atoms with van der Waals surface area (Å²) in [6, 6.07) is 13.7. The molecule has 1 heterocycles. The van der Waals surface area contributed by atoms with E-state index in [0.29, 0.717) is 10.6 Å². The predicted octanol–water partition coefficient (Wildman–Crippen LogP) is 5.33. The molecule has 3 amide bonds. The van der Waals surface area contributed by atoms with Crippen molar-refractivity contribution in [3.05, 3.63) is 69.7 Å². The van der Waals surface area contributed by atoms with Crippen LogP contribution in [0, 0.1) is 23.7 Å². The number of hydrogen-bond acceptors (Lipinski definition) is 3. The van der Waals surface area contributed by atoms with Crippen LogP contribution in [0.5, 0.6) is 0 Å². The standard InChI is InChI=1S/C23H18Br2Cl2N2O3/c24-19-13-9-14(20(19)25)18-17(13)22(31)29(23(18)32)28(10-11-5-1-3-7-15(11)26)21(30)12-6-2-4-8-16(12)27/h1-8,13-14,17-20H,9-10H2/t13-,14-,17-,18+,19+,20+/m1/s1. The molecule has 0 aromatic heterocycles. The van der Waals surface area contributed by atoms with E-state index in [2.05, 4.69) is 31.9 Å². The number of carbonyl (C=O) groups excluding carboxylic acids is 3. The fourth-order valence-corrected chi connectivity index (χ4v) is 7.65. The van der Waals surface area contributed by atoms with Gasteiger partial charge < -0.3 is 0 Å². The lowest BCUT2D eigenvalue weighted by atomic mass is 9.81. The van der Waals surface area contributed by atoms with Crippen LogP contribution in [-0.2, 0) is 16.1 Å². The van der Waals surface area contributed by atoms with Gasteiger partial charge in [0.25, 0.3) is 17.7 Å². The molecular formula is C23H18Br2Cl2N2O3. The van der Waals surface area contributed by atoms with Crippen molar-refractivity contribution in [2.75, 3.05) is 0 Å². The molecule has 6 atom stereocenters. The molecule has 0 N–H and O–H groups in total. The SMILES string of the molecule is O=C(c1ccccc1Cl)N(Cc1ccccc1Cl)N1C(=O)[C@@H]2[C@H]3C[C@@H]([C@H](Br)[C@H]3Br)[C@@H]2C1=O. The summed E-state index contributed by atoms with van der Waals surface area (Å²) in [6.45, 7) is -0.0224. The van der Waals surface area contributed by atoms with Gasteiger partial charge in [-0.3, -0.25) is 14.4 Å². The fourth-order valence-electron chi connectivity index (χ4n) is 5.37. The topological polar surface area (TPSA) is 57.7 Å². The monoisotopic (exact) mass is 598 g/mol. The number of hydrazine groups is 1. The highest BCUT2D eigenvalue weighted by molar-refractivity contribution is 9.12. The van der Waals surface area contributed by atoms with Crippen LogP contribution in [0.25, 0.3) is 0 Å². The lowest BCUT2D eigenvalue weighted by Gasteiger charge is -2.32. The summed E-state index contributed by atoms with van der Waals surface area (Å²) in [4.78, 5) is 41.0. The average molecular weight is 601 g/mol. The van der Waals surface area contributed by atoms with E-state index in [9.17, 15) is 14.4 Å². The molecule has 2 aromatic rings. The lowest BCUT2D eigenvalue weighted by Crippen LogP contribution is -2.50. The third kappa shape index (κ3) is 3.35. The number of rotatable bonds is 4. The zero-order valence-corrected chi connectivity index (χ0v) is 21.3. The number of hydrogen-bond donors (Lipinski definition) is 0. The van der Waals surface area contributed by atoms with Crippen molar-refractivity contribution in [2.24, 2.45) is 23.7 Å². The second kappa shape index (κ2) is 8.42. The van der Waals surface area contributed by atoms with E-state index in [1.54, 1.807) is 48.5 Å². The maximum absolute atomic E-state index is 13.6. The van der Waals surface area contributed by atoms with Gasteiger partial charge in [0.2, 0.25) is 0 Å². The van der Waals surface area contributed by atoms with Crippen molar-refractivity contribution in [1.29, 1.82) is 0 Å². The van der Waals surface area contributed by atoms with Gasteiger partial charge in [0.05, 0.1) is 29.0 Å². The van der Waals surface area contributed by atoms with Crippen LogP contribution in [0.15, 0.2) is 48.5 Å². The molecule has 2 saturated carbocycles. The van der Waals surface area contributed by atoms with Crippen molar-refractivity contribution in [3.8, 4) is 0 Å². The molecule has 3 aliphatic rings. The summed E-state index contributed by atoms with van der Waals surface area (Å²) < 4.78 is 0. The second-order valence-corrected chi connectivity index (χ2v) is 11.4. The smallest absolute Gasteiger partial charge is 0.272 e. The van der Waals surface area contributed by atoms with Crippen molar-refractivity contribution >= 4 is 72.8 Å². The first-order valence-corrected chi connectivity index (χ1v) is 12.9. The highest BCUT2D eigenvalue weighted by Gasteiger charge is 2.67. The molecule has 0 spiro atoms. The van der Waals surface area contributed by atoms with Gasteiger partial charge in [0, 0.05) is 14.7 Å². The molecule has 5 nitrogen and oxygen atoms in total. The molecule has 9 heteroatoms. The van der Waals surface area contributed by atoms with Crippen LogP contribution < -0.4 is 0 Å². The number of imide groups is 1. The van der Waals surface area contributed by atoms with Gasteiger partial charge in [-0.25, -0.2) is 5.01 Å². The Morgan fingerprint density at radius 3 is 2.00 bits per heavy atom. The van der Waals surface area contributed by atoms with Crippen LogP contribution >= 0.6 is 55.1 Å².